The second-order valence-corrected chi connectivity index (χ2v) is 8.79. The van der Waals surface area contributed by atoms with E-state index in [0.29, 0.717) is 25.3 Å². The molecule has 2 heterocycles. The van der Waals surface area contributed by atoms with Crippen molar-refractivity contribution in [2.24, 2.45) is 0 Å². The Bertz CT molecular complexity index is 1350. The second kappa shape index (κ2) is 10.9. The molecule has 1 saturated heterocycles. The molecule has 1 fully saturated rings. The molecule has 36 heavy (non-hydrogen) atoms. The molecule has 3 aromatic carbocycles. The molecule has 0 atom stereocenters. The fourth-order valence-electron chi connectivity index (χ4n) is 4.33. The molecule has 0 aliphatic carbocycles. The summed E-state index contributed by atoms with van der Waals surface area (Å²) in [5.74, 6) is 0.874. The minimum absolute atomic E-state index is 0.199. The molecule has 1 aliphatic rings. The maximum atomic E-state index is 12.7. The van der Waals surface area contributed by atoms with Crippen molar-refractivity contribution in [3.05, 3.63) is 108 Å². The number of rotatable bonds is 6. The van der Waals surface area contributed by atoms with Crippen LogP contribution in [0.4, 0.5) is 4.79 Å². The van der Waals surface area contributed by atoms with E-state index in [0.717, 1.165) is 47.6 Å². The summed E-state index contributed by atoms with van der Waals surface area (Å²) in [6, 6.07) is 28.7. The number of nitrogens with zero attached hydrogens (tertiary/aromatic N) is 5. The highest BCUT2D eigenvalue weighted by atomic mass is 16.5. The van der Waals surface area contributed by atoms with Crippen LogP contribution >= 0.6 is 0 Å². The Labute approximate surface area is 210 Å². The van der Waals surface area contributed by atoms with Gasteiger partial charge in [0.25, 0.3) is 0 Å². The van der Waals surface area contributed by atoms with Crippen molar-refractivity contribution in [1.82, 2.24) is 19.6 Å². The van der Waals surface area contributed by atoms with Gasteiger partial charge in [0.15, 0.2) is 0 Å². The van der Waals surface area contributed by atoms with E-state index in [4.69, 9.17) is 10.00 Å². The molecular weight excluding hydrogens is 450 g/mol. The van der Waals surface area contributed by atoms with Gasteiger partial charge < -0.3 is 9.64 Å². The quantitative estimate of drug-likeness (QED) is 0.399. The first kappa shape index (κ1) is 23.3. The summed E-state index contributed by atoms with van der Waals surface area (Å²) in [5, 5.41) is 13.0. The van der Waals surface area contributed by atoms with E-state index < -0.39 is 0 Å². The van der Waals surface area contributed by atoms with Crippen molar-refractivity contribution < 1.29 is 9.53 Å². The number of benzene rings is 3. The van der Waals surface area contributed by atoms with E-state index in [1.54, 1.807) is 4.90 Å². The van der Waals surface area contributed by atoms with Crippen LogP contribution in [-0.4, -0.2) is 51.8 Å². The van der Waals surface area contributed by atoms with Gasteiger partial charge in [0.05, 0.1) is 18.0 Å². The van der Waals surface area contributed by atoms with Gasteiger partial charge in [0.1, 0.15) is 18.4 Å². The molecule has 0 radical (unpaired) electrons. The molecule has 0 bridgehead atoms. The molecule has 4 aromatic rings. The standard InChI is InChI=1S/C29H27N5O2/c30-18-24-19-31-34(20-24)29(35)33-15-13-32(14-16-33)21-27-12-11-26(25-9-5-2-6-10-25)17-28(27)36-22-23-7-3-1-4-8-23/h1-12,17,19-20H,13-16,21-22H2. The zero-order valence-corrected chi connectivity index (χ0v) is 20.0. The minimum atomic E-state index is -0.199. The molecule has 0 spiro atoms. The van der Waals surface area contributed by atoms with Crippen molar-refractivity contribution in [1.29, 1.82) is 5.26 Å². The first-order valence-electron chi connectivity index (χ1n) is 12.0. The monoisotopic (exact) mass is 477 g/mol. The molecule has 1 aromatic heterocycles. The van der Waals surface area contributed by atoms with Gasteiger partial charge in [-0.1, -0.05) is 72.8 Å². The summed E-state index contributed by atoms with van der Waals surface area (Å²) in [4.78, 5) is 16.8. The van der Waals surface area contributed by atoms with Crippen LogP contribution in [0.1, 0.15) is 16.7 Å². The number of ether oxygens (including phenoxy) is 1. The fraction of sp³-hybridized carbons (Fsp3) is 0.207. The number of amides is 1. The van der Waals surface area contributed by atoms with Gasteiger partial charge in [-0.15, -0.1) is 0 Å². The molecule has 7 heteroatoms. The highest BCUT2D eigenvalue weighted by molar-refractivity contribution is 5.76. The fourth-order valence-corrected chi connectivity index (χ4v) is 4.33. The number of nitriles is 1. The van der Waals surface area contributed by atoms with Crippen LogP contribution in [-0.2, 0) is 13.2 Å². The first-order valence-corrected chi connectivity index (χ1v) is 12.0. The summed E-state index contributed by atoms with van der Waals surface area (Å²) in [5.41, 5.74) is 4.90. The lowest BCUT2D eigenvalue weighted by Crippen LogP contribution is -2.49. The highest BCUT2D eigenvalue weighted by Gasteiger charge is 2.23. The average molecular weight is 478 g/mol. The van der Waals surface area contributed by atoms with E-state index in [2.05, 4.69) is 52.5 Å². The number of piperazine rings is 1. The van der Waals surface area contributed by atoms with Gasteiger partial charge in [-0.2, -0.15) is 15.0 Å². The van der Waals surface area contributed by atoms with E-state index >= 15 is 0 Å². The predicted octanol–water partition coefficient (Wildman–Crippen LogP) is 4.79. The van der Waals surface area contributed by atoms with Crippen molar-refractivity contribution in [2.75, 3.05) is 26.2 Å². The maximum absolute atomic E-state index is 12.7. The molecule has 1 aliphatic heterocycles. The highest BCUT2D eigenvalue weighted by Crippen LogP contribution is 2.29. The van der Waals surface area contributed by atoms with E-state index in [1.807, 2.05) is 42.5 Å². The summed E-state index contributed by atoms with van der Waals surface area (Å²) in [7, 11) is 0. The van der Waals surface area contributed by atoms with Crippen molar-refractivity contribution >= 4 is 6.03 Å². The number of aromatic nitrogens is 2. The second-order valence-electron chi connectivity index (χ2n) is 8.79. The van der Waals surface area contributed by atoms with Crippen LogP contribution in [0.25, 0.3) is 11.1 Å². The van der Waals surface area contributed by atoms with E-state index in [-0.39, 0.29) is 6.03 Å². The van der Waals surface area contributed by atoms with Crippen LogP contribution in [0.15, 0.2) is 91.3 Å². The Hall–Kier alpha value is -4.41. The van der Waals surface area contributed by atoms with Gasteiger partial charge in [0.2, 0.25) is 0 Å². The SMILES string of the molecule is N#Cc1cnn(C(=O)N2CCN(Cc3ccc(-c4ccccc4)cc3OCc3ccccc3)CC2)c1. The average Bonchev–Trinajstić information content (AvgIpc) is 3.43. The summed E-state index contributed by atoms with van der Waals surface area (Å²) < 4.78 is 7.57. The molecule has 0 saturated carbocycles. The lowest BCUT2D eigenvalue weighted by Gasteiger charge is -2.34. The Kier molecular flexibility index (Phi) is 7.06. The van der Waals surface area contributed by atoms with Crippen molar-refractivity contribution in [3.63, 3.8) is 0 Å². The third kappa shape index (κ3) is 5.45. The first-order chi connectivity index (χ1) is 17.7. The number of carbonyl (C=O) groups is 1. The lowest BCUT2D eigenvalue weighted by molar-refractivity contribution is 0.133. The zero-order valence-electron chi connectivity index (χ0n) is 20.0. The minimum Gasteiger partial charge on any atom is -0.489 e. The Morgan fingerprint density at radius 1 is 0.917 bits per heavy atom. The summed E-state index contributed by atoms with van der Waals surface area (Å²) >= 11 is 0. The molecule has 7 nitrogen and oxygen atoms in total. The number of hydrogen-bond acceptors (Lipinski definition) is 5. The zero-order chi connectivity index (χ0) is 24.7. The predicted molar refractivity (Wildman–Crippen MR) is 137 cm³/mol. The lowest BCUT2D eigenvalue weighted by atomic mass is 10.0. The third-order valence-electron chi connectivity index (χ3n) is 6.36. The van der Waals surface area contributed by atoms with Gasteiger partial charge in [0, 0.05) is 38.3 Å². The van der Waals surface area contributed by atoms with Crippen LogP contribution in [0.2, 0.25) is 0 Å². The van der Waals surface area contributed by atoms with Crippen molar-refractivity contribution in [2.45, 2.75) is 13.2 Å². The smallest absolute Gasteiger partial charge is 0.344 e. The molecule has 1 amide bonds. The van der Waals surface area contributed by atoms with Crippen LogP contribution in [0, 0.1) is 11.3 Å². The van der Waals surface area contributed by atoms with Gasteiger partial charge in [-0.25, -0.2) is 4.79 Å². The van der Waals surface area contributed by atoms with E-state index in [1.165, 1.54) is 17.1 Å². The Morgan fingerprint density at radius 3 is 2.33 bits per heavy atom. The number of hydrogen-bond donors (Lipinski definition) is 0. The van der Waals surface area contributed by atoms with Crippen LogP contribution < -0.4 is 4.74 Å². The molecular formula is C29H27N5O2. The van der Waals surface area contributed by atoms with Crippen molar-refractivity contribution in [3.8, 4) is 22.9 Å². The summed E-state index contributed by atoms with van der Waals surface area (Å²) in [6.45, 7) is 3.93. The van der Waals surface area contributed by atoms with Gasteiger partial charge in [-0.05, 0) is 22.8 Å². The van der Waals surface area contributed by atoms with Crippen LogP contribution in [0.5, 0.6) is 5.75 Å². The number of carbonyl (C=O) groups excluding carboxylic acids is 1. The largest absolute Gasteiger partial charge is 0.489 e. The molecule has 180 valence electrons. The van der Waals surface area contributed by atoms with Gasteiger partial charge in [-0.3, -0.25) is 4.90 Å². The Balaban J connectivity index is 1.28. The maximum Gasteiger partial charge on any atom is 0.344 e. The summed E-state index contributed by atoms with van der Waals surface area (Å²) in [6.07, 6.45) is 2.88. The third-order valence-corrected chi connectivity index (χ3v) is 6.36. The topological polar surface area (TPSA) is 74.4 Å². The van der Waals surface area contributed by atoms with E-state index in [9.17, 15) is 4.79 Å². The van der Waals surface area contributed by atoms with Crippen LogP contribution in [0.3, 0.4) is 0 Å². The Morgan fingerprint density at radius 2 is 1.64 bits per heavy atom. The normalized spacial score (nSPS) is 13.8. The molecule has 5 rings (SSSR count). The molecule has 0 N–H and O–H groups in total. The molecule has 0 unspecified atom stereocenters. The van der Waals surface area contributed by atoms with Gasteiger partial charge >= 0.3 is 6.03 Å².